The summed E-state index contributed by atoms with van der Waals surface area (Å²) in [4.78, 5) is 13.7. The van der Waals surface area contributed by atoms with Crippen molar-refractivity contribution in [1.29, 1.82) is 0 Å². The topological polar surface area (TPSA) is 17.1 Å². The van der Waals surface area contributed by atoms with Crippen LogP contribution in [0.4, 0.5) is 4.39 Å². The molecule has 1 aromatic heterocycles. The van der Waals surface area contributed by atoms with E-state index in [2.05, 4.69) is 0 Å². The fourth-order valence-electron chi connectivity index (χ4n) is 2.61. The zero-order chi connectivity index (χ0) is 12.5. The van der Waals surface area contributed by atoms with Crippen LogP contribution in [-0.2, 0) is 6.42 Å². The highest BCUT2D eigenvalue weighted by atomic mass is 32.1. The number of hydrogen-bond acceptors (Lipinski definition) is 2. The van der Waals surface area contributed by atoms with Crippen molar-refractivity contribution in [1.82, 2.24) is 0 Å². The number of halogens is 1. The van der Waals surface area contributed by atoms with Crippen LogP contribution >= 0.6 is 11.3 Å². The number of carbonyl (C=O) groups excluding carboxylic acids is 1. The van der Waals surface area contributed by atoms with Crippen LogP contribution in [0.25, 0.3) is 0 Å². The first-order valence-electron chi connectivity index (χ1n) is 6.12. The summed E-state index contributed by atoms with van der Waals surface area (Å²) in [5, 5.41) is 2.03. The van der Waals surface area contributed by atoms with Crippen LogP contribution in [0, 0.1) is 5.82 Å². The number of carbonyl (C=O) groups is 1. The van der Waals surface area contributed by atoms with Crippen molar-refractivity contribution in [2.45, 2.75) is 25.2 Å². The zero-order valence-electron chi connectivity index (χ0n) is 9.86. The average Bonchev–Trinajstić information content (AvgIpc) is 2.86. The average molecular weight is 260 g/mol. The number of aryl methyl sites for hydroxylation is 1. The molecule has 1 nitrogen and oxygen atoms in total. The third-order valence-corrected chi connectivity index (χ3v) is 4.50. The van der Waals surface area contributed by atoms with Gasteiger partial charge < -0.3 is 0 Å². The van der Waals surface area contributed by atoms with Crippen LogP contribution in [0.3, 0.4) is 0 Å². The molecule has 1 aliphatic carbocycles. The minimum Gasteiger partial charge on any atom is -0.293 e. The third kappa shape index (κ3) is 1.89. The molecule has 18 heavy (non-hydrogen) atoms. The maximum absolute atomic E-state index is 13.7. The Balaban J connectivity index is 1.98. The van der Waals surface area contributed by atoms with E-state index in [4.69, 9.17) is 0 Å². The highest BCUT2D eigenvalue weighted by Crippen LogP contribution is 2.37. The summed E-state index contributed by atoms with van der Waals surface area (Å²) in [6.45, 7) is 0. The summed E-state index contributed by atoms with van der Waals surface area (Å²) >= 11 is 1.70. The fourth-order valence-corrected chi connectivity index (χ4v) is 3.59. The number of thiophene rings is 1. The summed E-state index contributed by atoms with van der Waals surface area (Å²) in [5.74, 6) is -0.644. The Bertz CT molecular complexity index is 588. The van der Waals surface area contributed by atoms with E-state index in [1.165, 1.54) is 10.9 Å². The molecule has 0 radical (unpaired) electrons. The quantitative estimate of drug-likeness (QED) is 0.740. The SMILES string of the molecule is O=C(c1ccccc1F)C1CCCc2sccc21. The molecule has 1 aromatic carbocycles. The van der Waals surface area contributed by atoms with Crippen molar-refractivity contribution in [3.63, 3.8) is 0 Å². The van der Waals surface area contributed by atoms with E-state index in [9.17, 15) is 9.18 Å². The smallest absolute Gasteiger partial charge is 0.173 e. The zero-order valence-corrected chi connectivity index (χ0v) is 10.7. The van der Waals surface area contributed by atoms with E-state index in [0.717, 1.165) is 24.8 Å². The van der Waals surface area contributed by atoms with Crippen molar-refractivity contribution < 1.29 is 9.18 Å². The van der Waals surface area contributed by atoms with Gasteiger partial charge >= 0.3 is 0 Å². The number of fused-ring (bicyclic) bond motifs is 1. The maximum Gasteiger partial charge on any atom is 0.173 e. The van der Waals surface area contributed by atoms with Gasteiger partial charge in [0.15, 0.2) is 5.78 Å². The van der Waals surface area contributed by atoms with E-state index < -0.39 is 5.82 Å². The highest BCUT2D eigenvalue weighted by molar-refractivity contribution is 7.10. The van der Waals surface area contributed by atoms with Crippen LogP contribution in [-0.4, -0.2) is 5.78 Å². The molecule has 1 heterocycles. The Hall–Kier alpha value is -1.48. The molecule has 0 amide bonds. The van der Waals surface area contributed by atoms with Crippen molar-refractivity contribution in [3.05, 3.63) is 57.5 Å². The van der Waals surface area contributed by atoms with Crippen LogP contribution < -0.4 is 0 Å². The molecule has 0 spiro atoms. The molecular formula is C15H13FOS. The van der Waals surface area contributed by atoms with E-state index in [1.54, 1.807) is 29.5 Å². The fraction of sp³-hybridized carbons (Fsp3) is 0.267. The lowest BCUT2D eigenvalue weighted by Gasteiger charge is -2.21. The second-order valence-corrected chi connectivity index (χ2v) is 5.59. The molecule has 1 aliphatic rings. The number of Topliss-reactive ketones (excluding diaryl/α,β-unsaturated/α-hetero) is 1. The molecule has 0 saturated heterocycles. The van der Waals surface area contributed by atoms with Gasteiger partial charge in [0.05, 0.1) is 5.56 Å². The number of ketones is 1. The molecule has 0 aliphatic heterocycles. The second-order valence-electron chi connectivity index (χ2n) is 4.59. The molecule has 1 atom stereocenters. The molecule has 2 aromatic rings. The summed E-state index contributed by atoms with van der Waals surface area (Å²) in [6.07, 6.45) is 2.89. The van der Waals surface area contributed by atoms with E-state index in [0.29, 0.717) is 0 Å². The van der Waals surface area contributed by atoms with Crippen molar-refractivity contribution in [2.24, 2.45) is 0 Å². The molecule has 0 N–H and O–H groups in total. The minimum atomic E-state index is -0.412. The molecular weight excluding hydrogens is 247 g/mol. The molecule has 3 heteroatoms. The lowest BCUT2D eigenvalue weighted by Crippen LogP contribution is -2.18. The molecule has 92 valence electrons. The van der Waals surface area contributed by atoms with Gasteiger partial charge in [-0.2, -0.15) is 0 Å². The first-order chi connectivity index (χ1) is 8.77. The Labute approximate surface area is 109 Å². The summed E-state index contributed by atoms with van der Waals surface area (Å²) < 4.78 is 13.7. The van der Waals surface area contributed by atoms with Crippen molar-refractivity contribution in [3.8, 4) is 0 Å². The van der Waals surface area contributed by atoms with E-state index >= 15 is 0 Å². The van der Waals surface area contributed by atoms with Gasteiger partial charge in [0.25, 0.3) is 0 Å². The van der Waals surface area contributed by atoms with Crippen LogP contribution in [0.15, 0.2) is 35.7 Å². The van der Waals surface area contributed by atoms with E-state index in [-0.39, 0.29) is 17.3 Å². The molecule has 0 bridgehead atoms. The van der Waals surface area contributed by atoms with Gasteiger partial charge in [-0.25, -0.2) is 4.39 Å². The van der Waals surface area contributed by atoms with Crippen LogP contribution in [0.2, 0.25) is 0 Å². The highest BCUT2D eigenvalue weighted by Gasteiger charge is 2.29. The normalized spacial score (nSPS) is 18.4. The largest absolute Gasteiger partial charge is 0.293 e. The summed E-state index contributed by atoms with van der Waals surface area (Å²) in [5.41, 5.74) is 1.33. The number of hydrogen-bond donors (Lipinski definition) is 0. The molecule has 0 saturated carbocycles. The lowest BCUT2D eigenvalue weighted by atomic mass is 9.82. The summed E-state index contributed by atoms with van der Waals surface area (Å²) in [7, 11) is 0. The standard InChI is InChI=1S/C15H13FOS/c16-13-6-2-1-4-12(13)15(17)11-5-3-7-14-10(11)8-9-18-14/h1-2,4,6,8-9,11H,3,5,7H2. The maximum atomic E-state index is 13.7. The van der Waals surface area contributed by atoms with Crippen LogP contribution in [0.1, 0.15) is 39.6 Å². The Morgan fingerprint density at radius 2 is 2.11 bits per heavy atom. The van der Waals surface area contributed by atoms with Gasteiger partial charge in [-0.3, -0.25) is 4.79 Å². The van der Waals surface area contributed by atoms with Gasteiger partial charge in [0.2, 0.25) is 0 Å². The minimum absolute atomic E-state index is 0.0764. The van der Waals surface area contributed by atoms with Gasteiger partial charge in [0, 0.05) is 10.8 Å². The van der Waals surface area contributed by atoms with Gasteiger partial charge in [-0.15, -0.1) is 11.3 Å². The first-order valence-corrected chi connectivity index (χ1v) is 7.00. The molecule has 0 fully saturated rings. The molecule has 1 unspecified atom stereocenters. The Morgan fingerprint density at radius 3 is 2.94 bits per heavy atom. The third-order valence-electron chi connectivity index (χ3n) is 3.51. The monoisotopic (exact) mass is 260 g/mol. The van der Waals surface area contributed by atoms with Gasteiger partial charge in [-0.1, -0.05) is 12.1 Å². The predicted octanol–water partition coefficient (Wildman–Crippen LogP) is 4.19. The van der Waals surface area contributed by atoms with Gasteiger partial charge in [0.1, 0.15) is 5.82 Å². The van der Waals surface area contributed by atoms with Crippen LogP contribution in [0.5, 0.6) is 0 Å². The first kappa shape index (κ1) is 11.6. The number of benzene rings is 1. The van der Waals surface area contributed by atoms with Gasteiger partial charge in [-0.05, 0) is 48.4 Å². The Kier molecular flexibility index (Phi) is 3.00. The summed E-state index contributed by atoms with van der Waals surface area (Å²) in [6, 6.07) is 8.28. The lowest BCUT2D eigenvalue weighted by molar-refractivity contribution is 0.0947. The molecule has 3 rings (SSSR count). The predicted molar refractivity (Wildman–Crippen MR) is 70.7 cm³/mol. The second kappa shape index (κ2) is 4.65. The van der Waals surface area contributed by atoms with E-state index in [1.807, 2.05) is 11.4 Å². The van der Waals surface area contributed by atoms with Crippen molar-refractivity contribution >= 4 is 17.1 Å². The Morgan fingerprint density at radius 1 is 1.28 bits per heavy atom. The number of rotatable bonds is 2. The van der Waals surface area contributed by atoms with Crippen molar-refractivity contribution in [2.75, 3.05) is 0 Å².